The summed E-state index contributed by atoms with van der Waals surface area (Å²) in [5.74, 6) is 1.13. The molecule has 5 nitrogen and oxygen atoms in total. The molecule has 6 heteroatoms. The van der Waals surface area contributed by atoms with Gasteiger partial charge in [0.1, 0.15) is 5.75 Å². The predicted molar refractivity (Wildman–Crippen MR) is 82.9 cm³/mol. The second-order valence-electron chi connectivity index (χ2n) is 5.95. The van der Waals surface area contributed by atoms with Gasteiger partial charge in [-0.3, -0.25) is 0 Å². The lowest BCUT2D eigenvalue weighted by Crippen LogP contribution is -2.27. The van der Waals surface area contributed by atoms with Crippen molar-refractivity contribution in [1.82, 2.24) is 10.0 Å². The average molecular weight is 312 g/mol. The van der Waals surface area contributed by atoms with Gasteiger partial charge in [0.05, 0.1) is 12.0 Å². The molecule has 0 aromatic heterocycles. The van der Waals surface area contributed by atoms with Crippen molar-refractivity contribution in [3.8, 4) is 5.75 Å². The van der Waals surface area contributed by atoms with Crippen molar-refractivity contribution in [2.24, 2.45) is 5.92 Å². The molecule has 1 aliphatic rings. The maximum absolute atomic E-state index is 12.3. The van der Waals surface area contributed by atoms with Crippen molar-refractivity contribution < 1.29 is 13.2 Å². The van der Waals surface area contributed by atoms with Crippen LogP contribution < -0.4 is 14.8 Å². The van der Waals surface area contributed by atoms with Crippen LogP contribution in [-0.2, 0) is 16.6 Å². The number of hydrogen-bond acceptors (Lipinski definition) is 4. The molecule has 0 bridgehead atoms. The van der Waals surface area contributed by atoms with E-state index in [0.29, 0.717) is 29.1 Å². The van der Waals surface area contributed by atoms with Crippen LogP contribution in [0.1, 0.15) is 32.8 Å². The third-order valence-corrected chi connectivity index (χ3v) is 5.17. The van der Waals surface area contributed by atoms with E-state index in [1.54, 1.807) is 25.3 Å². The molecule has 2 unspecified atom stereocenters. The van der Waals surface area contributed by atoms with E-state index in [0.717, 1.165) is 12.0 Å². The molecule has 0 saturated heterocycles. The molecule has 21 heavy (non-hydrogen) atoms. The van der Waals surface area contributed by atoms with Gasteiger partial charge in [-0.2, -0.15) is 0 Å². The van der Waals surface area contributed by atoms with Gasteiger partial charge in [-0.1, -0.05) is 20.8 Å². The molecule has 118 valence electrons. The third kappa shape index (κ3) is 4.18. The van der Waals surface area contributed by atoms with E-state index in [-0.39, 0.29) is 6.04 Å². The van der Waals surface area contributed by atoms with Crippen molar-refractivity contribution in [3.05, 3.63) is 23.8 Å². The fraction of sp³-hybridized carbons (Fsp3) is 0.600. The van der Waals surface area contributed by atoms with Crippen LogP contribution in [0.5, 0.6) is 5.75 Å². The van der Waals surface area contributed by atoms with Gasteiger partial charge in [0.2, 0.25) is 10.0 Å². The Morgan fingerprint density at radius 3 is 2.57 bits per heavy atom. The van der Waals surface area contributed by atoms with E-state index in [1.807, 2.05) is 20.8 Å². The van der Waals surface area contributed by atoms with Gasteiger partial charge in [-0.25, -0.2) is 13.1 Å². The normalized spacial score (nSPS) is 21.6. The smallest absolute Gasteiger partial charge is 0.240 e. The van der Waals surface area contributed by atoms with Gasteiger partial charge in [-0.05, 0) is 30.5 Å². The number of nitrogens with one attached hydrogen (secondary N) is 2. The summed E-state index contributed by atoms with van der Waals surface area (Å²) in [6.45, 7) is 6.70. The van der Waals surface area contributed by atoms with Crippen molar-refractivity contribution in [2.75, 3.05) is 7.11 Å². The minimum Gasteiger partial charge on any atom is -0.496 e. The largest absolute Gasteiger partial charge is 0.496 e. The SMILES string of the molecule is COc1ccc(S(=O)(=O)NC2CC2C)cc1CNC(C)C. The Labute approximate surface area is 127 Å². The third-order valence-electron chi connectivity index (χ3n) is 3.68. The molecule has 1 aromatic rings. The monoisotopic (exact) mass is 312 g/mol. The van der Waals surface area contributed by atoms with Crippen LogP contribution in [-0.4, -0.2) is 27.6 Å². The first kappa shape index (κ1) is 16.3. The molecule has 2 rings (SSSR count). The lowest BCUT2D eigenvalue weighted by Gasteiger charge is -2.14. The van der Waals surface area contributed by atoms with Gasteiger partial charge >= 0.3 is 0 Å². The van der Waals surface area contributed by atoms with Gasteiger partial charge in [-0.15, -0.1) is 0 Å². The van der Waals surface area contributed by atoms with Crippen LogP contribution in [0.2, 0.25) is 0 Å². The highest BCUT2D eigenvalue weighted by Gasteiger charge is 2.36. The maximum atomic E-state index is 12.3. The summed E-state index contributed by atoms with van der Waals surface area (Å²) in [4.78, 5) is 0.294. The summed E-state index contributed by atoms with van der Waals surface area (Å²) >= 11 is 0. The Morgan fingerprint density at radius 2 is 2.05 bits per heavy atom. The summed E-state index contributed by atoms with van der Waals surface area (Å²) < 4.78 is 32.7. The van der Waals surface area contributed by atoms with Crippen molar-refractivity contribution in [1.29, 1.82) is 0 Å². The van der Waals surface area contributed by atoms with Crippen LogP contribution in [0, 0.1) is 5.92 Å². The molecule has 2 atom stereocenters. The summed E-state index contributed by atoms with van der Waals surface area (Å²) in [7, 11) is -1.86. The molecule has 0 spiro atoms. The minimum atomic E-state index is -3.45. The lowest BCUT2D eigenvalue weighted by atomic mass is 10.2. The van der Waals surface area contributed by atoms with Crippen LogP contribution in [0.15, 0.2) is 23.1 Å². The first-order chi connectivity index (χ1) is 9.83. The number of methoxy groups -OCH3 is 1. The van der Waals surface area contributed by atoms with Crippen molar-refractivity contribution in [3.63, 3.8) is 0 Å². The van der Waals surface area contributed by atoms with Crippen molar-refractivity contribution in [2.45, 2.75) is 50.7 Å². The van der Waals surface area contributed by atoms with E-state index in [1.165, 1.54) is 0 Å². The molecule has 0 radical (unpaired) electrons. The van der Waals surface area contributed by atoms with E-state index in [2.05, 4.69) is 10.0 Å². The summed E-state index contributed by atoms with van der Waals surface area (Å²) in [5, 5.41) is 3.28. The summed E-state index contributed by atoms with van der Waals surface area (Å²) in [5.41, 5.74) is 0.845. The molecule has 2 N–H and O–H groups in total. The summed E-state index contributed by atoms with van der Waals surface area (Å²) in [6.07, 6.45) is 0.914. The highest BCUT2D eigenvalue weighted by Crippen LogP contribution is 2.31. The highest BCUT2D eigenvalue weighted by atomic mass is 32.2. The van der Waals surface area contributed by atoms with Gasteiger partial charge in [0, 0.05) is 24.2 Å². The minimum absolute atomic E-state index is 0.0781. The molecule has 1 saturated carbocycles. The fourth-order valence-electron chi connectivity index (χ4n) is 2.13. The topological polar surface area (TPSA) is 67.4 Å². The number of rotatable bonds is 7. The lowest BCUT2D eigenvalue weighted by molar-refractivity contribution is 0.406. The molecular formula is C15H24N2O3S. The molecule has 0 aliphatic heterocycles. The number of hydrogen-bond donors (Lipinski definition) is 2. The quantitative estimate of drug-likeness (QED) is 0.807. The molecule has 1 aromatic carbocycles. The number of ether oxygens (including phenoxy) is 1. The second kappa shape index (κ2) is 6.34. The zero-order valence-corrected chi connectivity index (χ0v) is 13.8. The van der Waals surface area contributed by atoms with Crippen LogP contribution in [0.3, 0.4) is 0 Å². The molecule has 0 amide bonds. The number of benzene rings is 1. The van der Waals surface area contributed by atoms with E-state index >= 15 is 0 Å². The average Bonchev–Trinajstić information content (AvgIpc) is 3.10. The van der Waals surface area contributed by atoms with Gasteiger partial charge in [0.15, 0.2) is 0 Å². The van der Waals surface area contributed by atoms with Crippen LogP contribution >= 0.6 is 0 Å². The van der Waals surface area contributed by atoms with E-state index in [4.69, 9.17) is 4.74 Å². The predicted octanol–water partition coefficient (Wildman–Crippen LogP) is 1.88. The second-order valence-corrected chi connectivity index (χ2v) is 7.66. The Bertz CT molecular complexity index is 599. The van der Waals surface area contributed by atoms with E-state index in [9.17, 15) is 8.42 Å². The number of sulfonamides is 1. The Kier molecular flexibility index (Phi) is 4.91. The molecule has 0 heterocycles. The Hall–Kier alpha value is -1.11. The molecule has 1 aliphatic carbocycles. The highest BCUT2D eigenvalue weighted by molar-refractivity contribution is 7.89. The van der Waals surface area contributed by atoms with Gasteiger partial charge < -0.3 is 10.1 Å². The van der Waals surface area contributed by atoms with E-state index < -0.39 is 10.0 Å². The zero-order chi connectivity index (χ0) is 15.6. The first-order valence-electron chi connectivity index (χ1n) is 7.26. The fourth-order valence-corrected chi connectivity index (χ4v) is 3.54. The zero-order valence-electron chi connectivity index (χ0n) is 13.0. The first-order valence-corrected chi connectivity index (χ1v) is 8.74. The van der Waals surface area contributed by atoms with Gasteiger partial charge in [0.25, 0.3) is 0 Å². The standard InChI is InChI=1S/C15H24N2O3S/c1-10(2)16-9-12-8-13(5-6-15(12)20-4)21(18,19)17-14-7-11(14)3/h5-6,8,10-11,14,16-17H,7,9H2,1-4H3. The van der Waals surface area contributed by atoms with Crippen LogP contribution in [0.4, 0.5) is 0 Å². The summed E-state index contributed by atoms with van der Waals surface area (Å²) in [6, 6.07) is 5.38. The molecule has 1 fully saturated rings. The Balaban J connectivity index is 2.21. The Morgan fingerprint density at radius 1 is 1.38 bits per heavy atom. The van der Waals surface area contributed by atoms with Crippen LogP contribution in [0.25, 0.3) is 0 Å². The van der Waals surface area contributed by atoms with Crippen molar-refractivity contribution >= 4 is 10.0 Å². The maximum Gasteiger partial charge on any atom is 0.240 e. The molecular weight excluding hydrogens is 288 g/mol.